The Morgan fingerprint density at radius 1 is 1.50 bits per heavy atom. The molecule has 0 saturated carbocycles. The van der Waals surface area contributed by atoms with Gasteiger partial charge in [-0.2, -0.15) is 0 Å². The topological polar surface area (TPSA) is 38.0 Å². The lowest BCUT2D eigenvalue weighted by Crippen LogP contribution is -2.04. The first kappa shape index (κ1) is 10.6. The third-order valence-corrected chi connectivity index (χ3v) is 1.84. The standard InChI is InChI=1S/C11H13FN2/c1-8-6-10(12)9(7-11(8)13)4-3-5-14-2/h6-7,14H,5,13H2,1-2H3. The van der Waals surface area contributed by atoms with E-state index in [4.69, 9.17) is 5.73 Å². The molecule has 0 radical (unpaired) electrons. The van der Waals surface area contributed by atoms with Crippen LogP contribution in [0.1, 0.15) is 11.1 Å². The van der Waals surface area contributed by atoms with Crippen LogP contribution >= 0.6 is 0 Å². The zero-order valence-electron chi connectivity index (χ0n) is 8.32. The van der Waals surface area contributed by atoms with E-state index in [1.165, 1.54) is 6.07 Å². The van der Waals surface area contributed by atoms with Gasteiger partial charge in [0, 0.05) is 5.69 Å². The van der Waals surface area contributed by atoms with E-state index in [0.29, 0.717) is 17.8 Å². The molecule has 1 rings (SSSR count). The Balaban J connectivity index is 3.00. The predicted molar refractivity (Wildman–Crippen MR) is 56.4 cm³/mol. The number of hydrogen-bond donors (Lipinski definition) is 2. The van der Waals surface area contributed by atoms with Crippen LogP contribution in [0.2, 0.25) is 0 Å². The molecule has 0 amide bonds. The molecule has 0 aromatic heterocycles. The molecule has 0 saturated heterocycles. The maximum Gasteiger partial charge on any atom is 0.139 e. The second-order valence-corrected chi connectivity index (χ2v) is 3.02. The van der Waals surface area contributed by atoms with E-state index in [9.17, 15) is 4.39 Å². The Kier molecular flexibility index (Phi) is 3.49. The first-order valence-corrected chi connectivity index (χ1v) is 4.34. The minimum Gasteiger partial charge on any atom is -0.398 e. The number of nitrogen functional groups attached to an aromatic ring is 1. The Hall–Kier alpha value is -1.53. The number of nitrogens with two attached hydrogens (primary N) is 1. The quantitative estimate of drug-likeness (QED) is 0.519. The number of rotatable bonds is 1. The van der Waals surface area contributed by atoms with Gasteiger partial charge in [-0.1, -0.05) is 11.8 Å². The van der Waals surface area contributed by atoms with Crippen molar-refractivity contribution in [2.45, 2.75) is 6.92 Å². The van der Waals surface area contributed by atoms with Crippen molar-refractivity contribution in [2.24, 2.45) is 0 Å². The molecule has 0 bridgehead atoms. The van der Waals surface area contributed by atoms with Crippen LogP contribution in [0.5, 0.6) is 0 Å². The van der Waals surface area contributed by atoms with Crippen LogP contribution < -0.4 is 11.1 Å². The Morgan fingerprint density at radius 3 is 2.86 bits per heavy atom. The summed E-state index contributed by atoms with van der Waals surface area (Å²) in [5.41, 5.74) is 7.30. The molecule has 1 aromatic carbocycles. The van der Waals surface area contributed by atoms with Gasteiger partial charge < -0.3 is 11.1 Å². The molecule has 0 unspecified atom stereocenters. The zero-order valence-corrected chi connectivity index (χ0v) is 8.32. The summed E-state index contributed by atoms with van der Waals surface area (Å²) in [6, 6.07) is 2.96. The molecule has 0 fully saturated rings. The van der Waals surface area contributed by atoms with Crippen molar-refractivity contribution in [3.05, 3.63) is 29.1 Å². The summed E-state index contributed by atoms with van der Waals surface area (Å²) in [7, 11) is 1.79. The summed E-state index contributed by atoms with van der Waals surface area (Å²) in [6.45, 7) is 2.30. The van der Waals surface area contributed by atoms with Crippen molar-refractivity contribution in [3.8, 4) is 11.8 Å². The van der Waals surface area contributed by atoms with Crippen molar-refractivity contribution < 1.29 is 4.39 Å². The highest BCUT2D eigenvalue weighted by molar-refractivity contribution is 5.53. The second-order valence-electron chi connectivity index (χ2n) is 3.02. The lowest BCUT2D eigenvalue weighted by molar-refractivity contribution is 0.623. The average Bonchev–Trinajstić information content (AvgIpc) is 2.14. The van der Waals surface area contributed by atoms with Gasteiger partial charge in [0.25, 0.3) is 0 Å². The molecule has 0 aliphatic heterocycles. The van der Waals surface area contributed by atoms with Gasteiger partial charge in [-0.15, -0.1) is 0 Å². The summed E-state index contributed by atoms with van der Waals surface area (Å²) in [5.74, 6) is 5.18. The van der Waals surface area contributed by atoms with Gasteiger partial charge in [0.15, 0.2) is 0 Å². The van der Waals surface area contributed by atoms with E-state index < -0.39 is 0 Å². The summed E-state index contributed by atoms with van der Waals surface area (Å²) in [5, 5.41) is 2.86. The molecule has 14 heavy (non-hydrogen) atoms. The number of hydrogen-bond acceptors (Lipinski definition) is 2. The third-order valence-electron chi connectivity index (χ3n) is 1.84. The molecule has 0 aliphatic carbocycles. The van der Waals surface area contributed by atoms with Gasteiger partial charge in [0.2, 0.25) is 0 Å². The molecule has 0 spiro atoms. The highest BCUT2D eigenvalue weighted by Gasteiger charge is 2.02. The van der Waals surface area contributed by atoms with E-state index in [0.717, 1.165) is 5.56 Å². The van der Waals surface area contributed by atoms with E-state index in [-0.39, 0.29) is 5.82 Å². The fourth-order valence-corrected chi connectivity index (χ4v) is 1.01. The molecule has 0 heterocycles. The van der Waals surface area contributed by atoms with Crippen LogP contribution in [-0.4, -0.2) is 13.6 Å². The Bertz CT molecular complexity index is 388. The number of nitrogens with one attached hydrogen (secondary N) is 1. The average molecular weight is 192 g/mol. The van der Waals surface area contributed by atoms with Gasteiger partial charge >= 0.3 is 0 Å². The Labute approximate surface area is 83.3 Å². The SMILES string of the molecule is CNCC#Cc1cc(N)c(C)cc1F. The van der Waals surface area contributed by atoms with Crippen molar-refractivity contribution in [1.29, 1.82) is 0 Å². The third kappa shape index (κ3) is 2.48. The summed E-state index contributed by atoms with van der Waals surface area (Å²) >= 11 is 0. The monoisotopic (exact) mass is 192 g/mol. The molecule has 3 heteroatoms. The predicted octanol–water partition coefficient (Wildman–Crippen LogP) is 1.29. The Morgan fingerprint density at radius 2 is 2.21 bits per heavy atom. The van der Waals surface area contributed by atoms with Gasteiger partial charge in [-0.05, 0) is 31.7 Å². The van der Waals surface area contributed by atoms with Crippen LogP contribution in [0.15, 0.2) is 12.1 Å². The summed E-state index contributed by atoms with van der Waals surface area (Å²) < 4.78 is 13.3. The molecule has 0 atom stereocenters. The maximum atomic E-state index is 13.3. The molecule has 0 aliphatic rings. The maximum absolute atomic E-state index is 13.3. The van der Waals surface area contributed by atoms with Crippen molar-refractivity contribution in [1.82, 2.24) is 5.32 Å². The van der Waals surface area contributed by atoms with Crippen LogP contribution in [0.25, 0.3) is 0 Å². The highest BCUT2D eigenvalue weighted by atomic mass is 19.1. The fraction of sp³-hybridized carbons (Fsp3) is 0.273. The first-order valence-electron chi connectivity index (χ1n) is 4.34. The van der Waals surface area contributed by atoms with Gasteiger partial charge in [-0.25, -0.2) is 4.39 Å². The highest BCUT2D eigenvalue weighted by Crippen LogP contribution is 2.15. The second kappa shape index (κ2) is 4.64. The number of benzene rings is 1. The van der Waals surface area contributed by atoms with E-state index in [2.05, 4.69) is 17.2 Å². The number of aryl methyl sites for hydroxylation is 1. The zero-order chi connectivity index (χ0) is 10.6. The smallest absolute Gasteiger partial charge is 0.139 e. The molecule has 3 N–H and O–H groups in total. The van der Waals surface area contributed by atoms with Crippen LogP contribution in [0.3, 0.4) is 0 Å². The van der Waals surface area contributed by atoms with Crippen LogP contribution in [-0.2, 0) is 0 Å². The lowest BCUT2D eigenvalue weighted by atomic mass is 10.1. The minimum atomic E-state index is -0.319. The number of halogens is 1. The van der Waals surface area contributed by atoms with Crippen molar-refractivity contribution in [2.75, 3.05) is 19.3 Å². The van der Waals surface area contributed by atoms with E-state index in [1.54, 1.807) is 20.0 Å². The minimum absolute atomic E-state index is 0.319. The summed E-state index contributed by atoms with van der Waals surface area (Å²) in [4.78, 5) is 0. The molecule has 2 nitrogen and oxygen atoms in total. The lowest BCUT2D eigenvalue weighted by Gasteiger charge is -2.01. The number of anilines is 1. The molecular weight excluding hydrogens is 179 g/mol. The first-order chi connectivity index (χ1) is 6.65. The fourth-order valence-electron chi connectivity index (χ4n) is 1.01. The largest absolute Gasteiger partial charge is 0.398 e. The van der Waals surface area contributed by atoms with E-state index >= 15 is 0 Å². The van der Waals surface area contributed by atoms with E-state index in [1.807, 2.05) is 0 Å². The van der Waals surface area contributed by atoms with Gasteiger partial charge in [0.1, 0.15) is 5.82 Å². The van der Waals surface area contributed by atoms with Gasteiger partial charge in [-0.3, -0.25) is 0 Å². The van der Waals surface area contributed by atoms with Crippen LogP contribution in [0.4, 0.5) is 10.1 Å². The molecule has 1 aromatic rings. The molecule has 74 valence electrons. The summed E-state index contributed by atoms with van der Waals surface area (Å²) in [6.07, 6.45) is 0. The van der Waals surface area contributed by atoms with Crippen LogP contribution in [0, 0.1) is 24.6 Å². The van der Waals surface area contributed by atoms with Gasteiger partial charge in [0.05, 0.1) is 12.1 Å². The van der Waals surface area contributed by atoms with Crippen molar-refractivity contribution >= 4 is 5.69 Å². The van der Waals surface area contributed by atoms with Crippen molar-refractivity contribution in [3.63, 3.8) is 0 Å². The molecular formula is C11H13FN2. The normalized spacial score (nSPS) is 9.36.